The fourth-order valence-corrected chi connectivity index (χ4v) is 5.87. The third kappa shape index (κ3) is 4.24. The number of pyridine rings is 1. The molecule has 0 unspecified atom stereocenters. The van der Waals surface area contributed by atoms with Crippen molar-refractivity contribution in [1.82, 2.24) is 20.1 Å². The summed E-state index contributed by atoms with van der Waals surface area (Å²) in [7, 11) is 0. The summed E-state index contributed by atoms with van der Waals surface area (Å²) in [6, 6.07) is 17.9. The van der Waals surface area contributed by atoms with E-state index in [0.29, 0.717) is 35.0 Å². The van der Waals surface area contributed by atoms with Crippen LogP contribution >= 0.6 is 11.6 Å². The summed E-state index contributed by atoms with van der Waals surface area (Å²) in [4.78, 5) is 17.8. The predicted octanol–water partition coefficient (Wildman–Crippen LogP) is 6.26. The smallest absolute Gasteiger partial charge is 0.253 e. The van der Waals surface area contributed by atoms with Gasteiger partial charge in [-0.1, -0.05) is 48.4 Å². The van der Waals surface area contributed by atoms with E-state index in [1.807, 2.05) is 48.0 Å². The summed E-state index contributed by atoms with van der Waals surface area (Å²) >= 11 is 6.48. The molecule has 0 bridgehead atoms. The van der Waals surface area contributed by atoms with E-state index in [-0.39, 0.29) is 11.9 Å². The van der Waals surface area contributed by atoms with Crippen LogP contribution < -0.4 is 10.1 Å². The van der Waals surface area contributed by atoms with Crippen molar-refractivity contribution < 1.29 is 9.53 Å². The zero-order valence-corrected chi connectivity index (χ0v) is 21.1. The highest BCUT2D eigenvalue weighted by Gasteiger charge is 2.48. The van der Waals surface area contributed by atoms with Crippen LogP contribution in [-0.2, 0) is 6.54 Å². The Hall–Kier alpha value is -3.38. The first kappa shape index (κ1) is 23.0. The average Bonchev–Trinajstić information content (AvgIpc) is 3.25. The van der Waals surface area contributed by atoms with E-state index in [2.05, 4.69) is 27.5 Å². The van der Waals surface area contributed by atoms with Crippen LogP contribution in [0, 0.1) is 5.41 Å². The van der Waals surface area contributed by atoms with E-state index in [9.17, 15) is 4.79 Å². The molecule has 4 aromatic rings. The number of aromatic nitrogens is 3. The van der Waals surface area contributed by atoms with E-state index < -0.39 is 0 Å². The van der Waals surface area contributed by atoms with Crippen molar-refractivity contribution in [3.8, 4) is 17.1 Å². The van der Waals surface area contributed by atoms with Gasteiger partial charge < -0.3 is 10.1 Å². The second-order valence-electron chi connectivity index (χ2n) is 10.1. The Labute approximate surface area is 215 Å². The van der Waals surface area contributed by atoms with Gasteiger partial charge in [0.15, 0.2) is 0 Å². The maximum absolute atomic E-state index is 13.3. The zero-order chi connectivity index (χ0) is 24.7. The number of rotatable bonds is 7. The molecule has 184 valence electrons. The Kier molecular flexibility index (Phi) is 5.92. The fraction of sp³-hybridized carbons (Fsp3) is 0.345. The molecule has 2 saturated carbocycles. The lowest BCUT2D eigenvalue weighted by atomic mass is 9.54. The molecule has 6 rings (SSSR count). The summed E-state index contributed by atoms with van der Waals surface area (Å²) in [6.07, 6.45) is 7.90. The molecule has 6 nitrogen and oxygen atoms in total. The first-order chi connectivity index (χ1) is 17.5. The lowest BCUT2D eigenvalue weighted by Crippen LogP contribution is -2.53. The van der Waals surface area contributed by atoms with Gasteiger partial charge in [0.1, 0.15) is 0 Å². The summed E-state index contributed by atoms with van der Waals surface area (Å²) in [6.45, 7) is 3.06. The van der Waals surface area contributed by atoms with E-state index in [4.69, 9.17) is 16.3 Å². The molecule has 2 aliphatic rings. The average molecular weight is 501 g/mol. The number of halogens is 1. The number of benzene rings is 2. The van der Waals surface area contributed by atoms with E-state index in [1.54, 1.807) is 12.3 Å². The topological polar surface area (TPSA) is 69.0 Å². The molecule has 2 heterocycles. The van der Waals surface area contributed by atoms with Crippen molar-refractivity contribution in [3.63, 3.8) is 0 Å². The van der Waals surface area contributed by atoms with Gasteiger partial charge in [-0.15, -0.1) is 0 Å². The molecule has 2 aliphatic carbocycles. The van der Waals surface area contributed by atoms with Gasteiger partial charge in [0.2, 0.25) is 5.88 Å². The first-order valence-corrected chi connectivity index (χ1v) is 13.1. The molecule has 2 aromatic carbocycles. The Morgan fingerprint density at radius 1 is 1.14 bits per heavy atom. The maximum atomic E-state index is 13.3. The van der Waals surface area contributed by atoms with Crippen LogP contribution in [0.3, 0.4) is 0 Å². The highest BCUT2D eigenvalue weighted by atomic mass is 35.5. The fourth-order valence-electron chi connectivity index (χ4n) is 5.67. The molecule has 1 spiro atoms. The monoisotopic (exact) mass is 500 g/mol. The third-order valence-corrected chi connectivity index (χ3v) is 8.03. The van der Waals surface area contributed by atoms with Crippen LogP contribution in [-0.4, -0.2) is 33.3 Å². The van der Waals surface area contributed by atoms with E-state index >= 15 is 0 Å². The Balaban J connectivity index is 1.23. The second kappa shape index (κ2) is 9.25. The van der Waals surface area contributed by atoms with Gasteiger partial charge in [0.25, 0.3) is 5.91 Å². The zero-order valence-electron chi connectivity index (χ0n) is 20.3. The third-order valence-electron chi connectivity index (χ3n) is 7.70. The molecule has 0 aliphatic heterocycles. The highest BCUT2D eigenvalue weighted by Crippen LogP contribution is 2.55. The molecule has 0 radical (unpaired) electrons. The molecule has 1 amide bonds. The van der Waals surface area contributed by atoms with Gasteiger partial charge >= 0.3 is 0 Å². The summed E-state index contributed by atoms with van der Waals surface area (Å²) in [5.41, 5.74) is 4.85. The minimum atomic E-state index is -0.0480. The van der Waals surface area contributed by atoms with E-state index in [0.717, 1.165) is 40.6 Å². The van der Waals surface area contributed by atoms with E-state index in [1.165, 1.54) is 19.3 Å². The first-order valence-electron chi connectivity index (χ1n) is 12.7. The van der Waals surface area contributed by atoms with Crippen molar-refractivity contribution in [2.75, 3.05) is 6.61 Å². The molecule has 7 heteroatoms. The largest absolute Gasteiger partial charge is 0.478 e. The van der Waals surface area contributed by atoms with Crippen molar-refractivity contribution in [2.24, 2.45) is 5.41 Å². The van der Waals surface area contributed by atoms with Gasteiger partial charge in [-0.25, -0.2) is 4.98 Å². The van der Waals surface area contributed by atoms with Crippen LogP contribution in [0.15, 0.2) is 60.8 Å². The number of ether oxygens (including phenoxy) is 1. The highest BCUT2D eigenvalue weighted by molar-refractivity contribution is 6.36. The summed E-state index contributed by atoms with van der Waals surface area (Å²) < 4.78 is 7.40. The maximum Gasteiger partial charge on any atom is 0.253 e. The van der Waals surface area contributed by atoms with Crippen LogP contribution in [0.25, 0.3) is 22.2 Å². The molecule has 1 N–H and O–H groups in total. The van der Waals surface area contributed by atoms with Gasteiger partial charge in [0.05, 0.1) is 41.1 Å². The second-order valence-corrected chi connectivity index (χ2v) is 10.5. The number of fused-ring (bicyclic) bond motifs is 1. The van der Waals surface area contributed by atoms with Gasteiger partial charge in [0, 0.05) is 23.1 Å². The Bertz CT molecular complexity index is 1420. The van der Waals surface area contributed by atoms with Gasteiger partial charge in [-0.2, -0.15) is 5.10 Å². The number of hydrogen-bond donors (Lipinski definition) is 1. The number of hydrogen-bond acceptors (Lipinski definition) is 4. The summed E-state index contributed by atoms with van der Waals surface area (Å²) in [5.74, 6) is 0.572. The molecular weight excluding hydrogens is 472 g/mol. The SMILES string of the molecule is CCOc1cccc(-c2ccc(Cn3ncc4c(Cl)ccc(C(=O)NC5CC6(CCC6)C5)c43)cc2)n1. The number of carbonyl (C=O) groups is 1. The van der Waals surface area contributed by atoms with Crippen LogP contribution in [0.1, 0.15) is 54.9 Å². The van der Waals surface area contributed by atoms with Crippen LogP contribution in [0.5, 0.6) is 5.88 Å². The number of nitrogens with one attached hydrogen (secondary N) is 1. The minimum Gasteiger partial charge on any atom is -0.478 e. The minimum absolute atomic E-state index is 0.0480. The number of carbonyl (C=O) groups excluding carboxylic acids is 1. The van der Waals surface area contributed by atoms with Crippen LogP contribution in [0.2, 0.25) is 5.02 Å². The molecule has 36 heavy (non-hydrogen) atoms. The Morgan fingerprint density at radius 2 is 1.94 bits per heavy atom. The number of nitrogens with zero attached hydrogens (tertiary/aromatic N) is 3. The van der Waals surface area contributed by atoms with Crippen molar-refractivity contribution >= 4 is 28.4 Å². The van der Waals surface area contributed by atoms with Crippen molar-refractivity contribution in [3.05, 3.63) is 76.9 Å². The van der Waals surface area contributed by atoms with Crippen LogP contribution in [0.4, 0.5) is 0 Å². The van der Waals surface area contributed by atoms with Gasteiger partial charge in [-0.05, 0) is 61.8 Å². The normalized spacial score (nSPS) is 16.5. The molecule has 2 aromatic heterocycles. The molecular formula is C29H29ClN4O2. The van der Waals surface area contributed by atoms with Crippen molar-refractivity contribution in [2.45, 2.75) is 51.6 Å². The van der Waals surface area contributed by atoms with Gasteiger partial charge in [-0.3, -0.25) is 9.48 Å². The number of amides is 1. The lowest BCUT2D eigenvalue weighted by Gasteiger charge is -2.54. The standard InChI is InChI=1S/C29H29ClN4O2/c1-2-36-26-6-3-5-25(33-26)20-9-7-19(8-10-20)18-34-27-22(11-12-24(30)23(27)17-31-34)28(35)32-21-15-29(16-21)13-4-14-29/h3,5-12,17,21H,2,4,13-16,18H2,1H3,(H,32,35). The molecule has 0 saturated heterocycles. The molecule has 2 fully saturated rings. The van der Waals surface area contributed by atoms with Crippen molar-refractivity contribution in [1.29, 1.82) is 0 Å². The Morgan fingerprint density at radius 3 is 2.67 bits per heavy atom. The molecule has 0 atom stereocenters. The quantitative estimate of drug-likeness (QED) is 0.325. The lowest BCUT2D eigenvalue weighted by molar-refractivity contribution is -0.000604. The summed E-state index contributed by atoms with van der Waals surface area (Å²) in [5, 5.41) is 9.23. The predicted molar refractivity (Wildman–Crippen MR) is 141 cm³/mol.